The standard InChI is InChI=1S/C14H17F2NO/c1-3-4-14(2)5-6-17(13(14)18)12-8-10(15)7-11(16)9-12/h7-9H,3-6H2,1-2H3/t14-/m1/s1. The Labute approximate surface area is 106 Å². The van der Waals surface area contributed by atoms with E-state index >= 15 is 0 Å². The Morgan fingerprint density at radius 2 is 1.89 bits per heavy atom. The molecule has 98 valence electrons. The molecule has 1 atom stereocenters. The van der Waals surface area contributed by atoms with E-state index in [0.29, 0.717) is 12.2 Å². The molecule has 0 bridgehead atoms. The number of halogens is 2. The fourth-order valence-corrected chi connectivity index (χ4v) is 2.62. The Hall–Kier alpha value is -1.45. The molecule has 0 N–H and O–H groups in total. The summed E-state index contributed by atoms with van der Waals surface area (Å²) in [6.07, 6.45) is 2.46. The topological polar surface area (TPSA) is 20.3 Å². The normalized spacial score (nSPS) is 23.8. The van der Waals surface area contributed by atoms with Crippen molar-refractivity contribution in [3.05, 3.63) is 29.8 Å². The molecule has 1 amide bonds. The Kier molecular flexibility index (Phi) is 3.37. The molecular formula is C14H17F2NO. The lowest BCUT2D eigenvalue weighted by Crippen LogP contribution is -2.32. The van der Waals surface area contributed by atoms with Crippen LogP contribution in [0.5, 0.6) is 0 Å². The lowest BCUT2D eigenvalue weighted by molar-refractivity contribution is -0.125. The van der Waals surface area contributed by atoms with Gasteiger partial charge in [0, 0.05) is 23.7 Å². The predicted molar refractivity (Wildman–Crippen MR) is 66.3 cm³/mol. The quantitative estimate of drug-likeness (QED) is 0.807. The molecule has 0 radical (unpaired) electrons. The van der Waals surface area contributed by atoms with Crippen molar-refractivity contribution in [1.29, 1.82) is 0 Å². The zero-order chi connectivity index (χ0) is 13.3. The molecule has 1 aromatic carbocycles. The Bertz CT molecular complexity index is 455. The van der Waals surface area contributed by atoms with Gasteiger partial charge in [0.05, 0.1) is 0 Å². The van der Waals surface area contributed by atoms with Crippen molar-refractivity contribution in [2.24, 2.45) is 5.41 Å². The molecule has 1 fully saturated rings. The molecule has 0 saturated carbocycles. The molecule has 18 heavy (non-hydrogen) atoms. The van der Waals surface area contributed by atoms with Crippen LogP contribution in [0.4, 0.5) is 14.5 Å². The number of rotatable bonds is 3. The molecule has 1 saturated heterocycles. The molecule has 0 aromatic heterocycles. The summed E-state index contributed by atoms with van der Waals surface area (Å²) in [5.41, 5.74) is -0.0744. The van der Waals surface area contributed by atoms with E-state index in [1.807, 2.05) is 13.8 Å². The van der Waals surface area contributed by atoms with Gasteiger partial charge in [-0.15, -0.1) is 0 Å². The monoisotopic (exact) mass is 253 g/mol. The van der Waals surface area contributed by atoms with Gasteiger partial charge in [-0.3, -0.25) is 4.79 Å². The van der Waals surface area contributed by atoms with Gasteiger partial charge in [-0.25, -0.2) is 8.78 Å². The van der Waals surface area contributed by atoms with E-state index in [1.54, 1.807) is 0 Å². The van der Waals surface area contributed by atoms with E-state index < -0.39 is 17.0 Å². The summed E-state index contributed by atoms with van der Waals surface area (Å²) < 4.78 is 26.3. The highest BCUT2D eigenvalue weighted by Crippen LogP contribution is 2.38. The summed E-state index contributed by atoms with van der Waals surface area (Å²) in [6.45, 7) is 4.48. The summed E-state index contributed by atoms with van der Waals surface area (Å²) in [5, 5.41) is 0. The lowest BCUT2D eigenvalue weighted by Gasteiger charge is -2.23. The minimum absolute atomic E-state index is 0.0330. The zero-order valence-electron chi connectivity index (χ0n) is 10.7. The second-order valence-corrected chi connectivity index (χ2v) is 5.15. The van der Waals surface area contributed by atoms with Crippen LogP contribution in [0.2, 0.25) is 0 Å². The van der Waals surface area contributed by atoms with Crippen molar-refractivity contribution in [3.8, 4) is 0 Å². The first kappa shape index (κ1) is 13.0. The molecule has 1 aromatic rings. The first-order chi connectivity index (χ1) is 8.46. The van der Waals surface area contributed by atoms with Gasteiger partial charge >= 0.3 is 0 Å². The van der Waals surface area contributed by atoms with Crippen LogP contribution in [0.25, 0.3) is 0 Å². The number of benzene rings is 1. The van der Waals surface area contributed by atoms with Crippen LogP contribution in [0, 0.1) is 17.0 Å². The molecule has 1 heterocycles. The van der Waals surface area contributed by atoms with Gasteiger partial charge in [-0.05, 0) is 25.0 Å². The second kappa shape index (κ2) is 4.67. The van der Waals surface area contributed by atoms with Crippen molar-refractivity contribution in [2.75, 3.05) is 11.4 Å². The molecule has 0 spiro atoms. The van der Waals surface area contributed by atoms with Crippen LogP contribution >= 0.6 is 0 Å². The third-order valence-corrected chi connectivity index (χ3v) is 3.61. The molecule has 2 rings (SSSR count). The number of nitrogens with zero attached hydrogens (tertiary/aromatic N) is 1. The maximum Gasteiger partial charge on any atom is 0.232 e. The van der Waals surface area contributed by atoms with E-state index in [1.165, 1.54) is 17.0 Å². The average molecular weight is 253 g/mol. The average Bonchev–Trinajstić information content (AvgIpc) is 2.55. The third-order valence-electron chi connectivity index (χ3n) is 3.61. The van der Waals surface area contributed by atoms with Crippen molar-refractivity contribution >= 4 is 11.6 Å². The first-order valence-electron chi connectivity index (χ1n) is 6.24. The van der Waals surface area contributed by atoms with Gasteiger partial charge in [-0.2, -0.15) is 0 Å². The molecule has 0 unspecified atom stereocenters. The van der Waals surface area contributed by atoms with Crippen molar-refractivity contribution in [3.63, 3.8) is 0 Å². The summed E-state index contributed by atoms with van der Waals surface area (Å²) in [5.74, 6) is -1.34. The highest BCUT2D eigenvalue weighted by molar-refractivity contribution is 5.99. The van der Waals surface area contributed by atoms with Crippen molar-refractivity contribution in [1.82, 2.24) is 0 Å². The highest BCUT2D eigenvalue weighted by Gasteiger charge is 2.42. The number of carbonyl (C=O) groups excluding carboxylic acids is 1. The van der Waals surface area contributed by atoms with E-state index in [4.69, 9.17) is 0 Å². The SMILES string of the molecule is CCC[C@]1(C)CCN(c2cc(F)cc(F)c2)C1=O. The van der Waals surface area contributed by atoms with Crippen LogP contribution in [0.3, 0.4) is 0 Å². The third kappa shape index (κ3) is 2.24. The van der Waals surface area contributed by atoms with Crippen molar-refractivity contribution < 1.29 is 13.6 Å². The zero-order valence-corrected chi connectivity index (χ0v) is 10.7. The van der Waals surface area contributed by atoms with E-state index in [2.05, 4.69) is 0 Å². The molecule has 4 heteroatoms. The van der Waals surface area contributed by atoms with Gasteiger partial charge in [0.2, 0.25) is 5.91 Å². The van der Waals surface area contributed by atoms with Gasteiger partial charge in [0.1, 0.15) is 11.6 Å². The van der Waals surface area contributed by atoms with Crippen molar-refractivity contribution in [2.45, 2.75) is 33.1 Å². The first-order valence-corrected chi connectivity index (χ1v) is 6.24. The number of hydrogen-bond acceptors (Lipinski definition) is 1. The Balaban J connectivity index is 2.28. The van der Waals surface area contributed by atoms with Crippen LogP contribution in [0.15, 0.2) is 18.2 Å². The van der Waals surface area contributed by atoms with Gasteiger partial charge in [0.15, 0.2) is 0 Å². The minimum atomic E-state index is -0.651. The summed E-state index contributed by atoms with van der Waals surface area (Å²) in [7, 11) is 0. The molecule has 1 aliphatic heterocycles. The van der Waals surface area contributed by atoms with Gasteiger partial charge in [0.25, 0.3) is 0 Å². The Morgan fingerprint density at radius 1 is 1.28 bits per heavy atom. The van der Waals surface area contributed by atoms with Crippen LogP contribution in [-0.2, 0) is 4.79 Å². The molecule has 0 aliphatic carbocycles. The fourth-order valence-electron chi connectivity index (χ4n) is 2.62. The fraction of sp³-hybridized carbons (Fsp3) is 0.500. The van der Waals surface area contributed by atoms with E-state index in [-0.39, 0.29) is 5.91 Å². The Morgan fingerprint density at radius 3 is 2.44 bits per heavy atom. The number of hydrogen-bond donors (Lipinski definition) is 0. The van der Waals surface area contributed by atoms with Gasteiger partial charge in [-0.1, -0.05) is 20.3 Å². The van der Waals surface area contributed by atoms with Crippen LogP contribution in [0.1, 0.15) is 33.1 Å². The molecular weight excluding hydrogens is 236 g/mol. The van der Waals surface area contributed by atoms with Crippen LogP contribution in [-0.4, -0.2) is 12.5 Å². The number of anilines is 1. The number of amides is 1. The summed E-state index contributed by atoms with van der Waals surface area (Å²) in [6, 6.07) is 3.23. The predicted octanol–water partition coefficient (Wildman–Crippen LogP) is 3.51. The highest BCUT2D eigenvalue weighted by atomic mass is 19.1. The number of carbonyl (C=O) groups is 1. The second-order valence-electron chi connectivity index (χ2n) is 5.15. The molecule has 1 aliphatic rings. The maximum absolute atomic E-state index is 13.2. The largest absolute Gasteiger partial charge is 0.312 e. The smallest absolute Gasteiger partial charge is 0.232 e. The van der Waals surface area contributed by atoms with E-state index in [0.717, 1.165) is 25.3 Å². The maximum atomic E-state index is 13.2. The lowest BCUT2D eigenvalue weighted by atomic mass is 9.84. The summed E-state index contributed by atoms with van der Waals surface area (Å²) in [4.78, 5) is 13.8. The minimum Gasteiger partial charge on any atom is -0.312 e. The molecule has 2 nitrogen and oxygen atoms in total. The van der Waals surface area contributed by atoms with E-state index in [9.17, 15) is 13.6 Å². The van der Waals surface area contributed by atoms with Gasteiger partial charge < -0.3 is 4.90 Å². The summed E-state index contributed by atoms with van der Waals surface area (Å²) >= 11 is 0. The van der Waals surface area contributed by atoms with Crippen LogP contribution < -0.4 is 4.90 Å².